The molecule has 3 aromatic rings. The van der Waals surface area contributed by atoms with E-state index in [0.29, 0.717) is 40.6 Å². The van der Waals surface area contributed by atoms with Crippen LogP contribution in [-0.2, 0) is 21.1 Å². The number of fused-ring (bicyclic) bond motifs is 3. The summed E-state index contributed by atoms with van der Waals surface area (Å²) >= 11 is 0. The van der Waals surface area contributed by atoms with Crippen LogP contribution >= 0.6 is 0 Å². The lowest BCUT2D eigenvalue weighted by molar-refractivity contribution is -0.189. The van der Waals surface area contributed by atoms with E-state index in [1.165, 1.54) is 30.2 Å². The van der Waals surface area contributed by atoms with Crippen molar-refractivity contribution in [2.24, 2.45) is 0 Å². The summed E-state index contributed by atoms with van der Waals surface area (Å²) in [5.41, 5.74) is 2.08. The van der Waals surface area contributed by atoms with Gasteiger partial charge in [0.1, 0.15) is 12.3 Å². The molecule has 3 aliphatic heterocycles. The van der Waals surface area contributed by atoms with Crippen molar-refractivity contribution in [2.75, 3.05) is 43.6 Å². The Morgan fingerprint density at radius 3 is 2.43 bits per heavy atom. The highest BCUT2D eigenvalue weighted by Gasteiger charge is 2.41. The molecule has 236 valence electrons. The Morgan fingerprint density at radius 2 is 1.77 bits per heavy atom. The third-order valence-corrected chi connectivity index (χ3v) is 9.94. The molecule has 1 unspecified atom stereocenters. The third-order valence-electron chi connectivity index (χ3n) is 8.83. The van der Waals surface area contributed by atoms with Crippen LogP contribution in [-0.4, -0.2) is 81.4 Å². The van der Waals surface area contributed by atoms with E-state index in [1.807, 2.05) is 6.07 Å². The molecule has 1 aromatic heterocycles. The molecule has 4 heterocycles. The fourth-order valence-corrected chi connectivity index (χ4v) is 7.31. The minimum atomic E-state index is -4.42. The summed E-state index contributed by atoms with van der Waals surface area (Å²) in [5, 5.41) is 7.40. The van der Waals surface area contributed by atoms with Gasteiger partial charge in [-0.25, -0.2) is 8.42 Å². The van der Waals surface area contributed by atoms with E-state index in [-0.39, 0.29) is 23.2 Å². The molecule has 1 aliphatic carbocycles. The van der Waals surface area contributed by atoms with Crippen LogP contribution < -0.4 is 15.4 Å². The second-order valence-electron chi connectivity index (χ2n) is 12.0. The van der Waals surface area contributed by atoms with E-state index >= 15 is 0 Å². The van der Waals surface area contributed by atoms with Crippen LogP contribution in [0.4, 0.5) is 24.5 Å². The van der Waals surface area contributed by atoms with E-state index in [2.05, 4.69) is 27.4 Å². The lowest BCUT2D eigenvalue weighted by Gasteiger charge is -2.50. The number of nitrogens with one attached hydrogen (secondary N) is 2. The molecule has 1 saturated carbocycles. The number of hydrogen-bond acceptors (Lipinski definition) is 7. The van der Waals surface area contributed by atoms with Crippen LogP contribution in [0.15, 0.2) is 47.4 Å². The van der Waals surface area contributed by atoms with Gasteiger partial charge in [0.2, 0.25) is 0 Å². The average Bonchev–Trinajstić information content (AvgIpc) is 3.31. The summed E-state index contributed by atoms with van der Waals surface area (Å²) in [6.07, 6.45) is 2.86. The molecule has 0 radical (unpaired) electrons. The average molecular weight is 631 g/mol. The molecule has 2 bridgehead atoms. The molecule has 0 spiro atoms. The summed E-state index contributed by atoms with van der Waals surface area (Å²) in [4.78, 5) is 2.70. The van der Waals surface area contributed by atoms with E-state index in [9.17, 15) is 21.6 Å². The molecule has 12 heteroatoms. The smallest absolute Gasteiger partial charge is 0.406 e. The van der Waals surface area contributed by atoms with Gasteiger partial charge in [0.05, 0.1) is 47.7 Å². The molecular formula is C32H37F3N4O4S. The van der Waals surface area contributed by atoms with Crippen molar-refractivity contribution in [1.29, 1.82) is 0 Å². The van der Waals surface area contributed by atoms with Crippen molar-refractivity contribution >= 4 is 32.1 Å². The van der Waals surface area contributed by atoms with Crippen molar-refractivity contribution < 1.29 is 31.1 Å². The SMILES string of the molecule is COc1cc(S(C)(=O)=O)ccc1NCC#Cc1cc2c(NC3CCC(N4CC5C[C@H](C4)O5)CC3)cccc2n1CC(F)(F)F. The summed E-state index contributed by atoms with van der Waals surface area (Å²) in [5.74, 6) is 6.16. The van der Waals surface area contributed by atoms with Gasteiger partial charge in [-0.1, -0.05) is 12.0 Å². The Kier molecular flexibility index (Phi) is 8.48. The first-order valence-corrected chi connectivity index (χ1v) is 16.8. The zero-order valence-corrected chi connectivity index (χ0v) is 25.6. The lowest BCUT2D eigenvalue weighted by atomic mass is 9.87. The standard InChI is InChI=1S/C32H37F3N4O4S/c1-42-31-17-26(44(2,40)41)12-13-29(31)36-14-4-5-23-15-27-28(6-3-7-30(27)39(23)20-32(33,34)35)37-21-8-10-22(11-9-21)38-18-24-16-25(19-38)43-24/h3,6-7,12-13,15,17,21-22,24-25,36-37H,8-11,14,16,18-20H2,1-2H3/t21?,22?,24-,25?/m1/s1. The van der Waals surface area contributed by atoms with E-state index in [4.69, 9.17) is 9.47 Å². The number of sulfone groups is 1. The van der Waals surface area contributed by atoms with Crippen molar-refractivity contribution in [3.63, 3.8) is 0 Å². The number of anilines is 2. The maximum Gasteiger partial charge on any atom is 0.406 e. The normalized spacial score (nSPS) is 23.8. The number of benzene rings is 2. The summed E-state index contributed by atoms with van der Waals surface area (Å²) in [6.45, 7) is 1.01. The maximum absolute atomic E-state index is 13.7. The molecule has 0 amide bonds. The van der Waals surface area contributed by atoms with Gasteiger partial charge in [-0.3, -0.25) is 4.90 Å². The molecule has 2 aromatic carbocycles. The molecule has 4 fully saturated rings. The van der Waals surface area contributed by atoms with Crippen LogP contribution in [0, 0.1) is 11.8 Å². The van der Waals surface area contributed by atoms with Crippen molar-refractivity contribution in [3.05, 3.63) is 48.2 Å². The molecule has 7 rings (SSSR count). The van der Waals surface area contributed by atoms with E-state index < -0.39 is 22.6 Å². The Bertz CT molecular complexity index is 1670. The second kappa shape index (κ2) is 12.2. The molecule has 8 nitrogen and oxygen atoms in total. The number of piperidine rings is 1. The van der Waals surface area contributed by atoms with E-state index in [1.54, 1.807) is 24.3 Å². The first kappa shape index (κ1) is 30.6. The molecule has 2 atom stereocenters. The minimum Gasteiger partial charge on any atom is -0.495 e. The predicted octanol–water partition coefficient (Wildman–Crippen LogP) is 5.28. The molecular weight excluding hydrogens is 593 g/mol. The summed E-state index contributed by atoms with van der Waals surface area (Å²) in [7, 11) is -1.98. The van der Waals surface area contributed by atoms with Crippen LogP contribution in [0.3, 0.4) is 0 Å². The number of methoxy groups -OCH3 is 1. The number of ether oxygens (including phenoxy) is 2. The number of aromatic nitrogens is 1. The molecule has 4 aliphatic rings. The van der Waals surface area contributed by atoms with Gasteiger partial charge in [-0.05, 0) is 61.9 Å². The fraction of sp³-hybridized carbons (Fsp3) is 0.500. The van der Waals surface area contributed by atoms with Gasteiger partial charge >= 0.3 is 6.18 Å². The third kappa shape index (κ3) is 6.80. The highest BCUT2D eigenvalue weighted by Crippen LogP contribution is 2.35. The zero-order valence-electron chi connectivity index (χ0n) is 24.8. The largest absolute Gasteiger partial charge is 0.495 e. The Morgan fingerprint density at radius 1 is 1.05 bits per heavy atom. The number of morpholine rings is 1. The number of nitrogens with zero attached hydrogens (tertiary/aromatic N) is 2. The highest BCUT2D eigenvalue weighted by molar-refractivity contribution is 7.90. The first-order chi connectivity index (χ1) is 21.0. The van der Waals surface area contributed by atoms with Gasteiger partial charge < -0.3 is 24.7 Å². The number of halogens is 3. The lowest BCUT2D eigenvalue weighted by Crippen LogP contribution is -2.60. The van der Waals surface area contributed by atoms with Crippen molar-refractivity contribution in [3.8, 4) is 17.6 Å². The van der Waals surface area contributed by atoms with Crippen molar-refractivity contribution in [2.45, 2.75) is 74.0 Å². The van der Waals surface area contributed by atoms with Crippen LogP contribution in [0.25, 0.3) is 10.9 Å². The van der Waals surface area contributed by atoms with Gasteiger partial charge in [0.15, 0.2) is 9.84 Å². The second-order valence-corrected chi connectivity index (χ2v) is 14.0. The molecule has 44 heavy (non-hydrogen) atoms. The van der Waals surface area contributed by atoms with E-state index in [0.717, 1.165) is 50.7 Å². The summed E-state index contributed by atoms with van der Waals surface area (Å²) < 4.78 is 77.0. The number of rotatable bonds is 8. The fourth-order valence-electron chi connectivity index (χ4n) is 6.68. The van der Waals surface area contributed by atoms with Crippen LogP contribution in [0.2, 0.25) is 0 Å². The molecule has 2 N–H and O–H groups in total. The summed E-state index contributed by atoms with van der Waals surface area (Å²) in [6, 6.07) is 12.4. The first-order valence-electron chi connectivity index (χ1n) is 14.9. The monoisotopic (exact) mass is 630 g/mol. The van der Waals surface area contributed by atoms with Gasteiger partial charge in [-0.15, -0.1) is 0 Å². The van der Waals surface area contributed by atoms with Gasteiger partial charge in [-0.2, -0.15) is 13.2 Å². The minimum absolute atomic E-state index is 0.112. The number of hydrogen-bond donors (Lipinski definition) is 2. The van der Waals surface area contributed by atoms with Gasteiger partial charge in [0.25, 0.3) is 0 Å². The topological polar surface area (TPSA) is 84.8 Å². The molecule has 3 saturated heterocycles. The zero-order chi connectivity index (χ0) is 31.1. The Hall–Kier alpha value is -3.40. The number of alkyl halides is 3. The maximum atomic E-state index is 13.7. The van der Waals surface area contributed by atoms with Crippen LogP contribution in [0.1, 0.15) is 37.8 Å². The Balaban J connectivity index is 1.17. The van der Waals surface area contributed by atoms with Crippen LogP contribution in [0.5, 0.6) is 5.75 Å². The highest BCUT2D eigenvalue weighted by atomic mass is 32.2. The Labute approximate surface area is 255 Å². The van der Waals surface area contributed by atoms with Crippen molar-refractivity contribution in [1.82, 2.24) is 9.47 Å². The quantitative estimate of drug-likeness (QED) is 0.328. The predicted molar refractivity (Wildman–Crippen MR) is 164 cm³/mol. The van der Waals surface area contributed by atoms with Gasteiger partial charge in [0, 0.05) is 55.0 Å².